The molecule has 0 spiro atoms. The van der Waals surface area contributed by atoms with Gasteiger partial charge >= 0.3 is 0 Å². The van der Waals surface area contributed by atoms with Crippen LogP contribution in [0.3, 0.4) is 0 Å². The quantitative estimate of drug-likeness (QED) is 0.588. The predicted molar refractivity (Wildman–Crippen MR) is 115 cm³/mol. The monoisotopic (exact) mass is 401 g/mol. The lowest BCUT2D eigenvalue weighted by molar-refractivity contribution is 0.122. The van der Waals surface area contributed by atoms with Gasteiger partial charge in [-0.1, -0.05) is 36.4 Å². The highest BCUT2D eigenvalue weighted by Crippen LogP contribution is 2.28. The lowest BCUT2D eigenvalue weighted by atomic mass is 10.1. The van der Waals surface area contributed by atoms with Crippen LogP contribution in [-0.4, -0.2) is 47.7 Å². The van der Waals surface area contributed by atoms with Crippen LogP contribution in [-0.2, 0) is 4.74 Å². The molecule has 0 unspecified atom stereocenters. The number of ether oxygens (including phenoxy) is 2. The fourth-order valence-corrected chi connectivity index (χ4v) is 3.42. The first-order valence-electron chi connectivity index (χ1n) is 9.99. The van der Waals surface area contributed by atoms with E-state index in [4.69, 9.17) is 9.47 Å². The van der Waals surface area contributed by atoms with Crippen molar-refractivity contribution in [3.63, 3.8) is 0 Å². The molecule has 1 aliphatic rings. The van der Waals surface area contributed by atoms with Crippen LogP contribution in [0.5, 0.6) is 5.75 Å². The third kappa shape index (κ3) is 4.04. The zero-order valence-electron chi connectivity index (χ0n) is 16.9. The predicted octanol–water partition coefficient (Wildman–Crippen LogP) is 3.57. The molecule has 1 aliphatic heterocycles. The van der Waals surface area contributed by atoms with E-state index in [1.165, 1.54) is 0 Å². The fraction of sp³-hybridized carbons (Fsp3) is 0.261. The van der Waals surface area contributed by atoms with Crippen LogP contribution in [0.25, 0.3) is 17.3 Å². The maximum Gasteiger partial charge on any atom is 0.232 e. The van der Waals surface area contributed by atoms with Gasteiger partial charge in [0.15, 0.2) is 5.82 Å². The lowest BCUT2D eigenvalue weighted by Gasteiger charge is -2.28. The van der Waals surface area contributed by atoms with Crippen molar-refractivity contribution in [1.29, 1.82) is 5.26 Å². The van der Waals surface area contributed by atoms with Crippen molar-refractivity contribution < 1.29 is 9.47 Å². The topological polar surface area (TPSA) is 76.2 Å². The van der Waals surface area contributed by atoms with Crippen molar-refractivity contribution in [2.75, 3.05) is 37.8 Å². The van der Waals surface area contributed by atoms with Gasteiger partial charge in [0, 0.05) is 18.7 Å². The Hall–Kier alpha value is -3.63. The second-order valence-corrected chi connectivity index (χ2v) is 6.73. The molecule has 1 saturated heterocycles. The second-order valence-electron chi connectivity index (χ2n) is 6.73. The number of anilines is 1. The first-order chi connectivity index (χ1) is 14.8. The molecule has 7 heteroatoms. The molecular formula is C23H23N5O2. The summed E-state index contributed by atoms with van der Waals surface area (Å²) in [7, 11) is 0. The molecule has 0 saturated carbocycles. The molecule has 0 amide bonds. The third-order valence-electron chi connectivity index (χ3n) is 4.83. The van der Waals surface area contributed by atoms with Crippen LogP contribution >= 0.6 is 0 Å². The molecule has 30 heavy (non-hydrogen) atoms. The molecule has 2 heterocycles. The van der Waals surface area contributed by atoms with E-state index in [-0.39, 0.29) is 0 Å². The van der Waals surface area contributed by atoms with Crippen molar-refractivity contribution >= 4 is 17.6 Å². The molecule has 3 aromatic rings. The van der Waals surface area contributed by atoms with Crippen LogP contribution in [0.2, 0.25) is 0 Å². The number of allylic oxidation sites excluding steroid dienone is 1. The van der Waals surface area contributed by atoms with E-state index in [9.17, 15) is 5.26 Å². The van der Waals surface area contributed by atoms with Crippen molar-refractivity contribution in [1.82, 2.24) is 14.8 Å². The van der Waals surface area contributed by atoms with Gasteiger partial charge in [0.05, 0.1) is 31.1 Å². The standard InChI is InChI=1S/C23H23N5O2/c1-2-30-21-11-7-6-8-18(21)16-19(17-24)22-25-26-23(27-12-14-29-15-13-27)28(22)20-9-4-3-5-10-20/h3-11,16H,2,12-15H2,1H3/b19-16+. The van der Waals surface area contributed by atoms with E-state index in [0.717, 1.165) is 30.1 Å². The van der Waals surface area contributed by atoms with Crippen LogP contribution in [0.15, 0.2) is 54.6 Å². The largest absolute Gasteiger partial charge is 0.493 e. The Balaban J connectivity index is 1.83. The first-order valence-corrected chi connectivity index (χ1v) is 9.99. The molecule has 4 rings (SSSR count). The molecule has 0 radical (unpaired) electrons. The molecule has 0 N–H and O–H groups in total. The van der Waals surface area contributed by atoms with Gasteiger partial charge < -0.3 is 14.4 Å². The van der Waals surface area contributed by atoms with Crippen LogP contribution < -0.4 is 9.64 Å². The Morgan fingerprint density at radius 2 is 1.83 bits per heavy atom. The van der Waals surface area contributed by atoms with Crippen LogP contribution in [0.1, 0.15) is 18.3 Å². The number of para-hydroxylation sites is 2. The molecule has 1 fully saturated rings. The summed E-state index contributed by atoms with van der Waals surface area (Å²) < 4.78 is 13.1. The van der Waals surface area contributed by atoms with E-state index in [2.05, 4.69) is 21.2 Å². The lowest BCUT2D eigenvalue weighted by Crippen LogP contribution is -2.38. The number of nitriles is 1. The Bertz CT molecular complexity index is 1060. The normalized spacial score (nSPS) is 14.4. The number of rotatable bonds is 6. The van der Waals surface area contributed by atoms with Gasteiger partial charge in [-0.05, 0) is 31.2 Å². The first kappa shape index (κ1) is 19.7. The zero-order valence-corrected chi connectivity index (χ0v) is 16.9. The minimum absolute atomic E-state index is 0.415. The van der Waals surface area contributed by atoms with Crippen molar-refractivity contribution in [3.8, 4) is 17.5 Å². The Kier molecular flexibility index (Phi) is 6.06. The highest BCUT2D eigenvalue weighted by Gasteiger charge is 2.23. The molecule has 0 aliphatic carbocycles. The summed E-state index contributed by atoms with van der Waals surface area (Å²) in [5.74, 6) is 1.93. The summed E-state index contributed by atoms with van der Waals surface area (Å²) in [6, 6.07) is 19.8. The molecule has 0 atom stereocenters. The maximum atomic E-state index is 9.98. The molecule has 2 aromatic carbocycles. The average Bonchev–Trinajstić information content (AvgIpc) is 3.25. The fourth-order valence-electron chi connectivity index (χ4n) is 3.42. The number of benzene rings is 2. The average molecular weight is 401 g/mol. The van der Waals surface area contributed by atoms with Gasteiger partial charge in [-0.25, -0.2) is 0 Å². The van der Waals surface area contributed by atoms with Crippen molar-refractivity contribution in [3.05, 3.63) is 66.0 Å². The Morgan fingerprint density at radius 3 is 2.57 bits per heavy atom. The molecule has 1 aromatic heterocycles. The van der Waals surface area contributed by atoms with Gasteiger partial charge in [-0.3, -0.25) is 4.57 Å². The summed E-state index contributed by atoms with van der Waals surface area (Å²) in [6.07, 6.45) is 1.80. The summed E-state index contributed by atoms with van der Waals surface area (Å²) in [4.78, 5) is 2.14. The minimum atomic E-state index is 0.415. The third-order valence-corrected chi connectivity index (χ3v) is 4.83. The zero-order chi connectivity index (χ0) is 20.8. The SMILES string of the molecule is CCOc1ccccc1/C=C(\C#N)c1nnc(N2CCOCC2)n1-c1ccccc1. The summed E-state index contributed by atoms with van der Waals surface area (Å²) in [5.41, 5.74) is 2.14. The van der Waals surface area contributed by atoms with Crippen molar-refractivity contribution in [2.24, 2.45) is 0 Å². The van der Waals surface area contributed by atoms with Gasteiger partial charge in [-0.15, -0.1) is 10.2 Å². The van der Waals surface area contributed by atoms with Gasteiger partial charge in [-0.2, -0.15) is 5.26 Å². The van der Waals surface area contributed by atoms with E-state index in [0.29, 0.717) is 37.2 Å². The summed E-state index contributed by atoms with van der Waals surface area (Å²) in [6.45, 7) is 5.22. The molecule has 7 nitrogen and oxygen atoms in total. The van der Waals surface area contributed by atoms with Crippen molar-refractivity contribution in [2.45, 2.75) is 6.92 Å². The molecular weight excluding hydrogens is 378 g/mol. The summed E-state index contributed by atoms with van der Waals surface area (Å²) in [5, 5.41) is 18.8. The Morgan fingerprint density at radius 1 is 1.10 bits per heavy atom. The molecule has 0 bridgehead atoms. The van der Waals surface area contributed by atoms with Gasteiger partial charge in [0.2, 0.25) is 5.95 Å². The Labute approximate surface area is 175 Å². The number of morpholine rings is 1. The van der Waals surface area contributed by atoms with E-state index in [1.807, 2.05) is 66.1 Å². The highest BCUT2D eigenvalue weighted by molar-refractivity contribution is 5.89. The van der Waals surface area contributed by atoms with Crippen LogP contribution in [0.4, 0.5) is 5.95 Å². The molecule has 152 valence electrons. The summed E-state index contributed by atoms with van der Waals surface area (Å²) >= 11 is 0. The van der Waals surface area contributed by atoms with Gasteiger partial charge in [0.25, 0.3) is 0 Å². The van der Waals surface area contributed by atoms with E-state index in [1.54, 1.807) is 6.08 Å². The number of nitrogens with zero attached hydrogens (tertiary/aromatic N) is 5. The van der Waals surface area contributed by atoms with E-state index >= 15 is 0 Å². The van der Waals surface area contributed by atoms with E-state index < -0.39 is 0 Å². The second kappa shape index (κ2) is 9.25. The number of aromatic nitrogens is 3. The maximum absolute atomic E-state index is 9.98. The minimum Gasteiger partial charge on any atom is -0.493 e. The smallest absolute Gasteiger partial charge is 0.232 e. The van der Waals surface area contributed by atoms with Gasteiger partial charge in [0.1, 0.15) is 11.8 Å². The van der Waals surface area contributed by atoms with Crippen LogP contribution in [0, 0.1) is 11.3 Å². The highest BCUT2D eigenvalue weighted by atomic mass is 16.5. The number of hydrogen-bond donors (Lipinski definition) is 0. The number of hydrogen-bond acceptors (Lipinski definition) is 6.